The molecule has 1 amide bonds. The van der Waals surface area contributed by atoms with Crippen molar-refractivity contribution in [3.63, 3.8) is 0 Å². The van der Waals surface area contributed by atoms with Gasteiger partial charge in [0.2, 0.25) is 0 Å². The molecule has 0 aliphatic heterocycles. The van der Waals surface area contributed by atoms with E-state index in [0.717, 1.165) is 17.0 Å². The Morgan fingerprint density at radius 3 is 2.72 bits per heavy atom. The highest BCUT2D eigenvalue weighted by atomic mass is 32.1. The Balaban J connectivity index is 1.92. The zero-order valence-corrected chi connectivity index (χ0v) is 15.3. The van der Waals surface area contributed by atoms with Gasteiger partial charge in [-0.05, 0) is 18.9 Å². The van der Waals surface area contributed by atoms with Crippen LogP contribution in [0.4, 0.5) is 0 Å². The van der Waals surface area contributed by atoms with Gasteiger partial charge in [0.15, 0.2) is 6.10 Å². The lowest BCUT2D eigenvalue weighted by Crippen LogP contribution is -2.36. The van der Waals surface area contributed by atoms with E-state index in [4.69, 9.17) is 4.74 Å². The molecule has 0 unspecified atom stereocenters. The average Bonchev–Trinajstić information content (AvgIpc) is 3.07. The van der Waals surface area contributed by atoms with Gasteiger partial charge in [0.1, 0.15) is 5.01 Å². The molecule has 0 bridgehead atoms. The van der Waals surface area contributed by atoms with Crippen molar-refractivity contribution in [3.05, 3.63) is 53.6 Å². The monoisotopic (exact) mass is 358 g/mol. The first-order valence-corrected chi connectivity index (χ1v) is 9.03. The predicted octanol–water partition coefficient (Wildman–Crippen LogP) is 3.15. The Kier molecular flexibility index (Phi) is 6.89. The quantitative estimate of drug-likeness (QED) is 0.581. The summed E-state index contributed by atoms with van der Waals surface area (Å²) in [7, 11) is 0. The number of aromatic nitrogens is 1. The van der Waals surface area contributed by atoms with Crippen LogP contribution >= 0.6 is 11.3 Å². The molecule has 0 aliphatic rings. The molecule has 0 fully saturated rings. The number of carbonyl (C=O) groups is 2. The van der Waals surface area contributed by atoms with Crippen molar-refractivity contribution >= 4 is 23.2 Å². The SMILES string of the molecule is C=CCNC(=O)[C@H](C)OC(=O)Cc1csc(-c2ccc(CC)cc2)n1. The number of esters is 1. The van der Waals surface area contributed by atoms with Gasteiger partial charge in [-0.3, -0.25) is 9.59 Å². The van der Waals surface area contributed by atoms with Gasteiger partial charge < -0.3 is 10.1 Å². The van der Waals surface area contributed by atoms with Gasteiger partial charge in [-0.2, -0.15) is 0 Å². The van der Waals surface area contributed by atoms with Crippen molar-refractivity contribution in [2.24, 2.45) is 0 Å². The zero-order chi connectivity index (χ0) is 18.2. The van der Waals surface area contributed by atoms with Crippen LogP contribution in [-0.4, -0.2) is 29.5 Å². The molecule has 132 valence electrons. The van der Waals surface area contributed by atoms with Crippen molar-refractivity contribution in [2.75, 3.05) is 6.54 Å². The Morgan fingerprint density at radius 2 is 2.08 bits per heavy atom. The molecule has 1 aromatic carbocycles. The summed E-state index contributed by atoms with van der Waals surface area (Å²) in [6, 6.07) is 8.22. The highest BCUT2D eigenvalue weighted by molar-refractivity contribution is 7.13. The third-order valence-corrected chi connectivity index (χ3v) is 4.52. The van der Waals surface area contributed by atoms with Gasteiger partial charge in [-0.15, -0.1) is 17.9 Å². The number of nitrogens with one attached hydrogen (secondary N) is 1. The summed E-state index contributed by atoms with van der Waals surface area (Å²) < 4.78 is 5.14. The minimum atomic E-state index is -0.841. The van der Waals surface area contributed by atoms with Gasteiger partial charge >= 0.3 is 5.97 Å². The van der Waals surface area contributed by atoms with Crippen LogP contribution in [0, 0.1) is 0 Å². The number of nitrogens with zero attached hydrogens (tertiary/aromatic N) is 1. The van der Waals surface area contributed by atoms with Crippen molar-refractivity contribution in [3.8, 4) is 10.6 Å². The molecule has 1 heterocycles. The molecule has 5 nitrogen and oxygen atoms in total. The van der Waals surface area contributed by atoms with Gasteiger partial charge in [0.25, 0.3) is 5.91 Å². The number of amides is 1. The summed E-state index contributed by atoms with van der Waals surface area (Å²) >= 11 is 1.49. The second-order valence-electron chi connectivity index (χ2n) is 5.54. The van der Waals surface area contributed by atoms with Crippen LogP contribution in [0.15, 0.2) is 42.3 Å². The number of hydrogen-bond acceptors (Lipinski definition) is 5. The van der Waals surface area contributed by atoms with Crippen molar-refractivity contribution < 1.29 is 14.3 Å². The fourth-order valence-electron chi connectivity index (χ4n) is 2.16. The van der Waals surface area contributed by atoms with Gasteiger partial charge in [-0.25, -0.2) is 4.98 Å². The number of hydrogen-bond donors (Lipinski definition) is 1. The van der Waals surface area contributed by atoms with E-state index in [1.807, 2.05) is 17.5 Å². The molecular formula is C19H22N2O3S. The number of benzene rings is 1. The fraction of sp³-hybridized carbons (Fsp3) is 0.316. The summed E-state index contributed by atoms with van der Waals surface area (Å²) in [5.41, 5.74) is 2.94. The van der Waals surface area contributed by atoms with Crippen LogP contribution in [0.1, 0.15) is 25.1 Å². The van der Waals surface area contributed by atoms with Gasteiger partial charge in [0, 0.05) is 17.5 Å². The number of thiazole rings is 1. The first-order chi connectivity index (χ1) is 12.0. The second kappa shape index (κ2) is 9.13. The molecule has 0 radical (unpaired) electrons. The fourth-order valence-corrected chi connectivity index (χ4v) is 2.99. The van der Waals surface area contributed by atoms with Crippen molar-refractivity contribution in [2.45, 2.75) is 32.8 Å². The van der Waals surface area contributed by atoms with E-state index in [1.54, 1.807) is 6.08 Å². The third kappa shape index (κ3) is 5.53. The molecule has 0 spiro atoms. The lowest BCUT2D eigenvalue weighted by atomic mass is 10.1. The van der Waals surface area contributed by atoms with Crippen LogP contribution in [0.3, 0.4) is 0 Å². The van der Waals surface area contributed by atoms with Gasteiger partial charge in [-0.1, -0.05) is 37.3 Å². The molecule has 2 aromatic rings. The number of rotatable bonds is 8. The molecule has 1 aromatic heterocycles. The lowest BCUT2D eigenvalue weighted by Gasteiger charge is -2.12. The van der Waals surface area contributed by atoms with Gasteiger partial charge in [0.05, 0.1) is 12.1 Å². The average molecular weight is 358 g/mol. The molecule has 25 heavy (non-hydrogen) atoms. The molecular weight excluding hydrogens is 336 g/mol. The van der Waals surface area contributed by atoms with E-state index in [0.29, 0.717) is 12.2 Å². The minimum Gasteiger partial charge on any atom is -0.452 e. The van der Waals surface area contributed by atoms with Crippen molar-refractivity contribution in [1.29, 1.82) is 0 Å². The second-order valence-corrected chi connectivity index (χ2v) is 6.40. The largest absolute Gasteiger partial charge is 0.452 e. The van der Waals surface area contributed by atoms with Crippen molar-refractivity contribution in [1.82, 2.24) is 10.3 Å². The number of carbonyl (C=O) groups excluding carboxylic acids is 2. The first kappa shape index (κ1) is 18.9. The Hall–Kier alpha value is -2.47. The molecule has 6 heteroatoms. The smallest absolute Gasteiger partial charge is 0.312 e. The van der Waals surface area contributed by atoms with E-state index in [-0.39, 0.29) is 12.3 Å². The number of ether oxygens (including phenoxy) is 1. The minimum absolute atomic E-state index is 0.0443. The summed E-state index contributed by atoms with van der Waals surface area (Å²) in [5, 5.41) is 5.29. The normalized spacial score (nSPS) is 11.6. The topological polar surface area (TPSA) is 68.3 Å². The standard InChI is InChI=1S/C19H22N2O3S/c1-4-10-20-18(23)13(3)24-17(22)11-16-12-25-19(21-16)15-8-6-14(5-2)7-9-15/h4,6-9,12-13H,1,5,10-11H2,2-3H3,(H,20,23)/t13-/m0/s1. The van der Waals surface area contributed by atoms with E-state index < -0.39 is 12.1 Å². The summed E-state index contributed by atoms with van der Waals surface area (Å²) in [6.45, 7) is 7.51. The van der Waals surface area contributed by atoms with E-state index in [9.17, 15) is 9.59 Å². The zero-order valence-electron chi connectivity index (χ0n) is 14.5. The molecule has 0 aliphatic carbocycles. The summed E-state index contributed by atoms with van der Waals surface area (Å²) in [4.78, 5) is 28.1. The molecule has 1 atom stereocenters. The van der Waals surface area contributed by atoms with Crippen LogP contribution in [0.2, 0.25) is 0 Å². The maximum Gasteiger partial charge on any atom is 0.312 e. The van der Waals surface area contributed by atoms with Crippen LogP contribution < -0.4 is 5.32 Å². The molecule has 0 saturated carbocycles. The maximum absolute atomic E-state index is 12.0. The number of aryl methyl sites for hydroxylation is 1. The summed E-state index contributed by atoms with van der Waals surface area (Å²) in [5.74, 6) is -0.817. The Bertz CT molecular complexity index is 737. The maximum atomic E-state index is 12.0. The Morgan fingerprint density at radius 1 is 1.36 bits per heavy atom. The van der Waals surface area contributed by atoms with E-state index in [2.05, 4.69) is 35.9 Å². The Labute approximate surface area is 151 Å². The highest BCUT2D eigenvalue weighted by Crippen LogP contribution is 2.24. The molecule has 2 rings (SSSR count). The first-order valence-electron chi connectivity index (χ1n) is 8.15. The van der Waals surface area contributed by atoms with E-state index in [1.165, 1.54) is 23.8 Å². The van der Waals surface area contributed by atoms with Crippen LogP contribution in [0.5, 0.6) is 0 Å². The van der Waals surface area contributed by atoms with Crippen LogP contribution in [-0.2, 0) is 27.2 Å². The third-order valence-electron chi connectivity index (χ3n) is 3.58. The van der Waals surface area contributed by atoms with E-state index >= 15 is 0 Å². The molecule has 1 N–H and O–H groups in total. The predicted molar refractivity (Wildman–Crippen MR) is 99.4 cm³/mol. The highest BCUT2D eigenvalue weighted by Gasteiger charge is 2.18. The van der Waals surface area contributed by atoms with Crippen LogP contribution in [0.25, 0.3) is 10.6 Å². The summed E-state index contributed by atoms with van der Waals surface area (Å²) in [6.07, 6.45) is 1.76. The lowest BCUT2D eigenvalue weighted by molar-refractivity contribution is -0.154. The molecule has 0 saturated heterocycles.